The summed E-state index contributed by atoms with van der Waals surface area (Å²) >= 11 is 0. The predicted octanol–water partition coefficient (Wildman–Crippen LogP) is -1.93. The van der Waals surface area contributed by atoms with Crippen LogP contribution >= 0.6 is 0 Å². The van der Waals surface area contributed by atoms with Gasteiger partial charge in [-0.25, -0.2) is 4.79 Å². The summed E-state index contributed by atoms with van der Waals surface area (Å²) in [5.41, 5.74) is 1.06. The largest absolute Gasteiger partial charge is 0.508 e. The highest BCUT2D eigenvalue weighted by molar-refractivity contribution is 5.98. The van der Waals surface area contributed by atoms with E-state index < -0.39 is 120 Å². The first kappa shape index (κ1) is 52.0. The fourth-order valence-corrected chi connectivity index (χ4v) is 5.98. The molecule has 7 amide bonds. The fraction of sp³-hybridized carbons (Fsp3) is 0.463. The minimum Gasteiger partial charge on any atom is -0.508 e. The number of hydrogen-bond acceptors (Lipinski definition) is 12. The molecule has 344 valence electrons. The zero-order chi connectivity index (χ0) is 47.6. The van der Waals surface area contributed by atoms with Crippen LogP contribution in [0.5, 0.6) is 5.75 Å². The lowest BCUT2D eigenvalue weighted by Crippen LogP contribution is -2.61. The molecule has 0 aliphatic carbocycles. The van der Waals surface area contributed by atoms with Gasteiger partial charge in [0.1, 0.15) is 48.0 Å². The van der Waals surface area contributed by atoms with Crippen molar-refractivity contribution >= 4 is 59.3 Å². The third-order valence-corrected chi connectivity index (χ3v) is 9.15. The number of amides is 7. The molecule has 0 unspecified atom stereocenters. The predicted molar refractivity (Wildman–Crippen MR) is 220 cm³/mol. The molecule has 8 atom stereocenters. The van der Waals surface area contributed by atoms with Gasteiger partial charge in [0, 0.05) is 19.8 Å². The van der Waals surface area contributed by atoms with E-state index in [0.717, 1.165) is 13.8 Å². The number of carboxylic acids is 3. The number of aliphatic hydroxyl groups excluding tert-OH is 1. The molecule has 0 fully saturated rings. The van der Waals surface area contributed by atoms with Gasteiger partial charge in [0.25, 0.3) is 0 Å². The van der Waals surface area contributed by atoms with Gasteiger partial charge in [-0.15, -0.1) is 0 Å². The smallest absolute Gasteiger partial charge is 0.326 e. The van der Waals surface area contributed by atoms with Crippen LogP contribution in [0.1, 0.15) is 65.0 Å². The number of phenols is 1. The van der Waals surface area contributed by atoms with Gasteiger partial charge in [-0.1, -0.05) is 56.3 Å². The third-order valence-electron chi connectivity index (χ3n) is 9.15. The van der Waals surface area contributed by atoms with Crippen LogP contribution in [-0.4, -0.2) is 133 Å². The standard InChI is InChI=1S/C41H55N7O15/c1-20(2)15-27(46-40(61)34(22(4)49)48-39(60)28(43-23(5)50)16-25-11-13-26(51)14-12-25)37(58)45-29(18-32(52)53)36(57)42-21(3)35(56)44-30(19-33(54)55)38(59)47-31(41(62)63)17-24-9-7-6-8-10-24/h6-14,20-22,27-31,34,49,51H,15-19H2,1-5H3,(H,42,57)(H,43,50)(H,44,56)(H,45,58)(H,46,61)(H,47,59)(H,48,60)(H,52,53)(H,54,55)(H,62,63)/t21-,22+,27-,28-,29-,30-,31-,34-/m0/s1. The number of phenolic OH excluding ortho intramolecular Hbond substituents is 1. The van der Waals surface area contributed by atoms with E-state index >= 15 is 0 Å². The molecule has 0 saturated carbocycles. The summed E-state index contributed by atoms with van der Waals surface area (Å²) in [6.07, 6.45) is -3.95. The molecule has 22 heteroatoms. The topological polar surface area (TPSA) is 356 Å². The summed E-state index contributed by atoms with van der Waals surface area (Å²) in [6.45, 7) is 6.78. The normalized spacial score (nSPS) is 14.7. The lowest BCUT2D eigenvalue weighted by atomic mass is 10.0. The molecule has 0 spiro atoms. The van der Waals surface area contributed by atoms with Gasteiger partial charge in [-0.2, -0.15) is 0 Å². The van der Waals surface area contributed by atoms with Crippen LogP contribution in [0.25, 0.3) is 0 Å². The van der Waals surface area contributed by atoms with Crippen LogP contribution in [0.4, 0.5) is 0 Å². The van der Waals surface area contributed by atoms with Crippen molar-refractivity contribution < 1.29 is 73.5 Å². The van der Waals surface area contributed by atoms with Gasteiger partial charge in [0.2, 0.25) is 41.4 Å². The number of benzene rings is 2. The highest BCUT2D eigenvalue weighted by Gasteiger charge is 2.35. The van der Waals surface area contributed by atoms with Gasteiger partial charge < -0.3 is 62.8 Å². The zero-order valence-electron chi connectivity index (χ0n) is 35.2. The maximum atomic E-state index is 13.6. The third kappa shape index (κ3) is 18.6. The number of hydrogen-bond donors (Lipinski definition) is 12. The number of aliphatic carboxylic acids is 3. The number of aliphatic hydroxyl groups is 1. The van der Waals surface area contributed by atoms with Crippen LogP contribution < -0.4 is 37.2 Å². The van der Waals surface area contributed by atoms with E-state index in [1.165, 1.54) is 31.2 Å². The minimum absolute atomic E-state index is 0.0436. The van der Waals surface area contributed by atoms with Gasteiger partial charge in [-0.3, -0.25) is 43.2 Å². The van der Waals surface area contributed by atoms with E-state index in [2.05, 4.69) is 37.2 Å². The average molecular weight is 886 g/mol. The zero-order valence-corrected chi connectivity index (χ0v) is 35.2. The van der Waals surface area contributed by atoms with E-state index in [1.807, 2.05) is 0 Å². The van der Waals surface area contributed by atoms with Gasteiger partial charge in [0.15, 0.2) is 0 Å². The molecule has 2 aromatic rings. The second-order valence-corrected chi connectivity index (χ2v) is 15.2. The number of carboxylic acid groups (broad SMARTS) is 3. The highest BCUT2D eigenvalue weighted by atomic mass is 16.4. The van der Waals surface area contributed by atoms with Crippen molar-refractivity contribution in [3.05, 3.63) is 65.7 Å². The Hall–Kier alpha value is -7.10. The molecule has 0 radical (unpaired) electrons. The number of carbonyl (C=O) groups excluding carboxylic acids is 7. The minimum atomic E-state index is -1.88. The Labute approximate surface area is 362 Å². The quantitative estimate of drug-likeness (QED) is 0.0517. The van der Waals surface area contributed by atoms with Crippen molar-refractivity contribution in [2.24, 2.45) is 5.92 Å². The molecule has 2 aromatic carbocycles. The Kier molecular flexibility index (Phi) is 20.6. The Bertz CT molecular complexity index is 1960. The second-order valence-electron chi connectivity index (χ2n) is 15.2. The Morgan fingerprint density at radius 2 is 0.952 bits per heavy atom. The summed E-state index contributed by atoms with van der Waals surface area (Å²) in [4.78, 5) is 127. The van der Waals surface area contributed by atoms with E-state index in [9.17, 15) is 73.5 Å². The SMILES string of the molecule is CC(=O)N[C@@H](Cc1ccc(O)cc1)C(=O)N[C@H](C(=O)N[C@@H](CC(C)C)C(=O)N[C@@H](CC(=O)O)C(=O)N[C@@H](C)C(=O)N[C@@H](CC(=O)O)C(=O)N[C@@H](Cc1ccccc1)C(=O)O)[C@@H](C)O. The number of rotatable bonds is 25. The van der Waals surface area contributed by atoms with Crippen LogP contribution in [0, 0.1) is 5.92 Å². The van der Waals surface area contributed by atoms with E-state index in [0.29, 0.717) is 11.1 Å². The van der Waals surface area contributed by atoms with Gasteiger partial charge in [0.05, 0.1) is 18.9 Å². The summed E-state index contributed by atoms with van der Waals surface area (Å²) in [5, 5.41) is 64.8. The highest BCUT2D eigenvalue weighted by Crippen LogP contribution is 2.13. The number of nitrogens with one attached hydrogen (secondary N) is 7. The second kappa shape index (κ2) is 25.0. The van der Waals surface area contributed by atoms with E-state index in [-0.39, 0.29) is 30.9 Å². The molecular formula is C41H55N7O15. The molecule has 0 saturated heterocycles. The van der Waals surface area contributed by atoms with Crippen molar-refractivity contribution in [3.8, 4) is 5.75 Å². The van der Waals surface area contributed by atoms with Gasteiger partial charge >= 0.3 is 17.9 Å². The maximum Gasteiger partial charge on any atom is 0.326 e. The number of aromatic hydroxyl groups is 1. The van der Waals surface area contributed by atoms with Crippen LogP contribution in [0.3, 0.4) is 0 Å². The monoisotopic (exact) mass is 885 g/mol. The molecule has 0 aliphatic rings. The molecule has 0 bridgehead atoms. The van der Waals surface area contributed by atoms with Crippen molar-refractivity contribution in [3.63, 3.8) is 0 Å². The molecule has 22 nitrogen and oxygen atoms in total. The van der Waals surface area contributed by atoms with Crippen LogP contribution in [0.15, 0.2) is 54.6 Å². The van der Waals surface area contributed by atoms with Gasteiger partial charge in [-0.05, 0) is 49.4 Å². The summed E-state index contributed by atoms with van der Waals surface area (Å²) in [7, 11) is 0. The molecule has 0 aromatic heterocycles. The van der Waals surface area contributed by atoms with Crippen molar-refractivity contribution in [2.45, 2.75) is 115 Å². The molecule has 2 rings (SSSR count). The average Bonchev–Trinajstić information content (AvgIpc) is 3.18. The van der Waals surface area contributed by atoms with E-state index in [1.54, 1.807) is 44.2 Å². The fourth-order valence-electron chi connectivity index (χ4n) is 5.98. The molecular weight excluding hydrogens is 830 g/mol. The van der Waals surface area contributed by atoms with Crippen LogP contribution in [0.2, 0.25) is 0 Å². The molecule has 63 heavy (non-hydrogen) atoms. The van der Waals surface area contributed by atoms with E-state index in [4.69, 9.17) is 0 Å². The first-order valence-electron chi connectivity index (χ1n) is 19.7. The molecule has 0 aliphatic heterocycles. The Morgan fingerprint density at radius 1 is 0.508 bits per heavy atom. The van der Waals surface area contributed by atoms with Crippen LogP contribution in [-0.2, 0) is 60.8 Å². The number of carbonyl (C=O) groups is 10. The summed E-state index contributed by atoms with van der Waals surface area (Å²) in [6, 6.07) is 2.68. The van der Waals surface area contributed by atoms with Crippen molar-refractivity contribution in [2.75, 3.05) is 0 Å². The summed E-state index contributed by atoms with van der Waals surface area (Å²) < 4.78 is 0. The Morgan fingerprint density at radius 3 is 1.44 bits per heavy atom. The molecule has 0 heterocycles. The lowest BCUT2D eigenvalue weighted by molar-refractivity contribution is -0.143. The first-order chi connectivity index (χ1) is 29.5. The van der Waals surface area contributed by atoms with Crippen molar-refractivity contribution in [1.82, 2.24) is 37.2 Å². The summed E-state index contributed by atoms with van der Waals surface area (Å²) in [5.74, 6) is -12.1. The Balaban J connectivity index is 2.22. The van der Waals surface area contributed by atoms with Crippen molar-refractivity contribution in [1.29, 1.82) is 0 Å². The molecule has 12 N–H and O–H groups in total. The maximum absolute atomic E-state index is 13.6. The lowest BCUT2D eigenvalue weighted by Gasteiger charge is -2.28. The first-order valence-corrected chi connectivity index (χ1v) is 19.7.